The lowest BCUT2D eigenvalue weighted by atomic mass is 10.1. The highest BCUT2D eigenvalue weighted by molar-refractivity contribution is 6.31. The van der Waals surface area contributed by atoms with Crippen molar-refractivity contribution in [1.29, 1.82) is 0 Å². The predicted molar refractivity (Wildman–Crippen MR) is 134 cm³/mol. The van der Waals surface area contributed by atoms with Crippen LogP contribution >= 0.6 is 11.6 Å². The SMILES string of the molecule is COc1ccc(C(=O)Nc2cc(Cl)ccc2Oc2ccccc2)cc1COCc1ccccc1. The van der Waals surface area contributed by atoms with Crippen molar-refractivity contribution < 1.29 is 19.0 Å². The molecule has 0 fully saturated rings. The van der Waals surface area contributed by atoms with E-state index in [0.29, 0.717) is 46.7 Å². The predicted octanol–water partition coefficient (Wildman–Crippen LogP) is 7.11. The molecule has 0 radical (unpaired) electrons. The molecule has 0 unspecified atom stereocenters. The van der Waals surface area contributed by atoms with Gasteiger partial charge in [-0.15, -0.1) is 0 Å². The first-order valence-electron chi connectivity index (χ1n) is 10.7. The minimum absolute atomic E-state index is 0.299. The molecule has 34 heavy (non-hydrogen) atoms. The summed E-state index contributed by atoms with van der Waals surface area (Å²) in [5, 5.41) is 3.39. The van der Waals surface area contributed by atoms with E-state index in [9.17, 15) is 4.79 Å². The van der Waals surface area contributed by atoms with Crippen LogP contribution in [0.15, 0.2) is 97.1 Å². The van der Waals surface area contributed by atoms with E-state index in [2.05, 4.69) is 5.32 Å². The summed E-state index contributed by atoms with van der Waals surface area (Å²) in [6.07, 6.45) is 0. The summed E-state index contributed by atoms with van der Waals surface area (Å²) in [6, 6.07) is 29.6. The third kappa shape index (κ3) is 6.16. The third-order valence-electron chi connectivity index (χ3n) is 5.07. The topological polar surface area (TPSA) is 56.8 Å². The van der Waals surface area contributed by atoms with Gasteiger partial charge in [0.25, 0.3) is 5.91 Å². The van der Waals surface area contributed by atoms with Gasteiger partial charge in [-0.3, -0.25) is 4.79 Å². The number of anilines is 1. The molecule has 1 amide bonds. The lowest BCUT2D eigenvalue weighted by molar-refractivity contribution is 0.102. The maximum absolute atomic E-state index is 13.1. The Kier molecular flexibility index (Phi) is 7.81. The number of rotatable bonds is 9. The second kappa shape index (κ2) is 11.4. The molecule has 0 saturated heterocycles. The quantitative estimate of drug-likeness (QED) is 0.281. The first-order chi connectivity index (χ1) is 16.6. The molecule has 0 spiro atoms. The Morgan fingerprint density at radius 2 is 1.53 bits per heavy atom. The zero-order valence-corrected chi connectivity index (χ0v) is 19.4. The Morgan fingerprint density at radius 1 is 0.824 bits per heavy atom. The Bertz CT molecular complexity index is 1250. The molecule has 6 heteroatoms. The highest BCUT2D eigenvalue weighted by atomic mass is 35.5. The standard InChI is InChI=1S/C28H24ClNO4/c1-32-26-14-12-21(16-22(26)19-33-18-20-8-4-2-5-9-20)28(31)30-25-17-23(29)13-15-27(25)34-24-10-6-3-7-11-24/h2-17H,18-19H2,1H3,(H,30,31). The van der Waals surface area contributed by atoms with E-state index in [1.807, 2.05) is 60.7 Å². The number of hydrogen-bond acceptors (Lipinski definition) is 4. The van der Waals surface area contributed by atoms with E-state index in [4.69, 9.17) is 25.8 Å². The van der Waals surface area contributed by atoms with Crippen LogP contribution in [-0.2, 0) is 18.0 Å². The number of carbonyl (C=O) groups is 1. The first kappa shape index (κ1) is 23.4. The van der Waals surface area contributed by atoms with Gasteiger partial charge in [-0.2, -0.15) is 0 Å². The smallest absolute Gasteiger partial charge is 0.255 e. The molecule has 0 heterocycles. The van der Waals surface area contributed by atoms with Gasteiger partial charge in [0, 0.05) is 16.1 Å². The minimum Gasteiger partial charge on any atom is -0.496 e. The van der Waals surface area contributed by atoms with Crippen LogP contribution in [0.1, 0.15) is 21.5 Å². The molecule has 4 rings (SSSR count). The highest BCUT2D eigenvalue weighted by Crippen LogP contribution is 2.32. The average molecular weight is 474 g/mol. The molecule has 5 nitrogen and oxygen atoms in total. The summed E-state index contributed by atoms with van der Waals surface area (Å²) in [5.41, 5.74) is 2.78. The molecular weight excluding hydrogens is 450 g/mol. The van der Waals surface area contributed by atoms with Gasteiger partial charge in [-0.25, -0.2) is 0 Å². The van der Waals surface area contributed by atoms with E-state index >= 15 is 0 Å². The van der Waals surface area contributed by atoms with Crippen LogP contribution in [0.25, 0.3) is 0 Å². The molecule has 0 aliphatic rings. The van der Waals surface area contributed by atoms with Crippen molar-refractivity contribution in [2.75, 3.05) is 12.4 Å². The molecule has 0 saturated carbocycles. The average Bonchev–Trinajstić information content (AvgIpc) is 2.87. The van der Waals surface area contributed by atoms with Crippen molar-refractivity contribution >= 4 is 23.2 Å². The third-order valence-corrected chi connectivity index (χ3v) is 5.31. The number of halogens is 1. The molecule has 0 bridgehead atoms. The maximum atomic E-state index is 13.1. The largest absolute Gasteiger partial charge is 0.496 e. The first-order valence-corrected chi connectivity index (χ1v) is 11.1. The number of para-hydroxylation sites is 1. The molecule has 172 valence electrons. The van der Waals surface area contributed by atoms with Gasteiger partial charge in [0.05, 0.1) is 26.0 Å². The Labute approximate surface area is 203 Å². The zero-order chi connectivity index (χ0) is 23.8. The molecule has 0 aliphatic carbocycles. The van der Waals surface area contributed by atoms with E-state index in [1.165, 1.54) is 0 Å². The van der Waals surface area contributed by atoms with Gasteiger partial charge in [-0.05, 0) is 54.1 Å². The normalized spacial score (nSPS) is 10.5. The lowest BCUT2D eigenvalue weighted by Gasteiger charge is -2.14. The van der Waals surface area contributed by atoms with Crippen LogP contribution in [0.3, 0.4) is 0 Å². The van der Waals surface area contributed by atoms with Crippen LogP contribution in [0.5, 0.6) is 17.2 Å². The van der Waals surface area contributed by atoms with E-state index in [-0.39, 0.29) is 5.91 Å². The van der Waals surface area contributed by atoms with Gasteiger partial charge < -0.3 is 19.5 Å². The fourth-order valence-electron chi connectivity index (χ4n) is 3.38. The van der Waals surface area contributed by atoms with Crippen LogP contribution in [0.4, 0.5) is 5.69 Å². The summed E-state index contributed by atoms with van der Waals surface area (Å²) in [7, 11) is 1.59. The number of amides is 1. The second-order valence-corrected chi connectivity index (χ2v) is 7.95. The highest BCUT2D eigenvalue weighted by Gasteiger charge is 2.14. The molecule has 1 N–H and O–H groups in total. The number of hydrogen-bond donors (Lipinski definition) is 1. The minimum atomic E-state index is -0.299. The fourth-order valence-corrected chi connectivity index (χ4v) is 3.56. The Balaban J connectivity index is 1.49. The van der Waals surface area contributed by atoms with Crippen LogP contribution in [-0.4, -0.2) is 13.0 Å². The molecule has 4 aromatic carbocycles. The maximum Gasteiger partial charge on any atom is 0.255 e. The monoisotopic (exact) mass is 473 g/mol. The summed E-state index contributed by atoms with van der Waals surface area (Å²) in [4.78, 5) is 13.1. The van der Waals surface area contributed by atoms with E-state index in [1.54, 1.807) is 43.5 Å². The molecule has 4 aromatic rings. The molecule has 0 aromatic heterocycles. The van der Waals surface area contributed by atoms with Crippen molar-refractivity contribution in [1.82, 2.24) is 0 Å². The fraction of sp³-hybridized carbons (Fsp3) is 0.107. The number of methoxy groups -OCH3 is 1. The van der Waals surface area contributed by atoms with Crippen molar-refractivity contribution in [2.45, 2.75) is 13.2 Å². The van der Waals surface area contributed by atoms with Crippen LogP contribution in [0, 0.1) is 0 Å². The second-order valence-electron chi connectivity index (χ2n) is 7.51. The van der Waals surface area contributed by atoms with Gasteiger partial charge >= 0.3 is 0 Å². The van der Waals surface area contributed by atoms with Crippen LogP contribution < -0.4 is 14.8 Å². The summed E-state index contributed by atoms with van der Waals surface area (Å²) in [5.74, 6) is 1.50. The van der Waals surface area contributed by atoms with Gasteiger partial charge in [0.1, 0.15) is 11.5 Å². The van der Waals surface area contributed by atoms with E-state index in [0.717, 1.165) is 11.1 Å². The van der Waals surface area contributed by atoms with Crippen LogP contribution in [0.2, 0.25) is 5.02 Å². The zero-order valence-electron chi connectivity index (χ0n) is 18.7. The van der Waals surface area contributed by atoms with Crippen molar-refractivity contribution in [3.63, 3.8) is 0 Å². The Morgan fingerprint density at radius 3 is 2.26 bits per heavy atom. The van der Waals surface area contributed by atoms with Crippen molar-refractivity contribution in [2.24, 2.45) is 0 Å². The van der Waals surface area contributed by atoms with Crippen molar-refractivity contribution in [3.05, 3.63) is 119 Å². The molecular formula is C28H24ClNO4. The number of carbonyl (C=O) groups excluding carboxylic acids is 1. The Hall–Kier alpha value is -3.80. The summed E-state index contributed by atoms with van der Waals surface area (Å²) in [6.45, 7) is 0.766. The van der Waals surface area contributed by atoms with E-state index < -0.39 is 0 Å². The van der Waals surface area contributed by atoms with Gasteiger partial charge in [-0.1, -0.05) is 60.1 Å². The summed E-state index contributed by atoms with van der Waals surface area (Å²) >= 11 is 6.18. The van der Waals surface area contributed by atoms with Gasteiger partial charge in [0.2, 0.25) is 0 Å². The van der Waals surface area contributed by atoms with Gasteiger partial charge in [0.15, 0.2) is 5.75 Å². The lowest BCUT2D eigenvalue weighted by Crippen LogP contribution is -2.13. The molecule has 0 aliphatic heterocycles. The summed E-state index contributed by atoms with van der Waals surface area (Å²) < 4.78 is 17.2. The number of benzene rings is 4. The molecule has 0 atom stereocenters. The van der Waals surface area contributed by atoms with Crippen molar-refractivity contribution in [3.8, 4) is 17.2 Å². The number of ether oxygens (including phenoxy) is 3. The number of nitrogens with one attached hydrogen (secondary N) is 1.